The third-order valence-electron chi connectivity index (χ3n) is 2.72. The van der Waals surface area contributed by atoms with Crippen molar-refractivity contribution in [2.24, 2.45) is 0 Å². The van der Waals surface area contributed by atoms with Crippen LogP contribution >= 0.6 is 46.4 Å². The van der Waals surface area contributed by atoms with Gasteiger partial charge in [-0.1, -0.05) is 52.5 Å². The number of anilines is 1. The van der Waals surface area contributed by atoms with Crippen molar-refractivity contribution in [3.05, 3.63) is 62.1 Å². The van der Waals surface area contributed by atoms with Crippen molar-refractivity contribution in [2.45, 2.75) is 0 Å². The lowest BCUT2D eigenvalue weighted by Crippen LogP contribution is -2.21. The van der Waals surface area contributed by atoms with E-state index in [0.29, 0.717) is 5.02 Å². The van der Waals surface area contributed by atoms with E-state index >= 15 is 0 Å². The number of nitrogens with one attached hydrogen (secondary N) is 1. The molecule has 2 aromatic carbocycles. The molecule has 0 aromatic heterocycles. The lowest BCUT2D eigenvalue weighted by Gasteiger charge is -2.09. The molecule has 0 saturated carbocycles. The predicted octanol–water partition coefficient (Wildman–Crippen LogP) is 5.10. The lowest BCUT2D eigenvalue weighted by molar-refractivity contribution is -0.119. The molecule has 0 saturated heterocycles. The second-order valence-electron chi connectivity index (χ2n) is 4.35. The van der Waals surface area contributed by atoms with Gasteiger partial charge in [0.2, 0.25) is 0 Å². The minimum Gasteiger partial charge on any atom is -0.452 e. The summed E-state index contributed by atoms with van der Waals surface area (Å²) in [6, 6.07) is 9.05. The maximum Gasteiger partial charge on any atom is 0.338 e. The number of benzene rings is 2. The molecule has 120 valence electrons. The summed E-state index contributed by atoms with van der Waals surface area (Å²) in [6.07, 6.45) is 0. The Balaban J connectivity index is 1.96. The highest BCUT2D eigenvalue weighted by Crippen LogP contribution is 2.29. The topological polar surface area (TPSA) is 55.4 Å². The fourth-order valence-corrected chi connectivity index (χ4v) is 2.42. The summed E-state index contributed by atoms with van der Waals surface area (Å²) < 4.78 is 4.90. The van der Waals surface area contributed by atoms with Crippen molar-refractivity contribution in [3.63, 3.8) is 0 Å². The van der Waals surface area contributed by atoms with Gasteiger partial charge in [-0.3, -0.25) is 4.79 Å². The van der Waals surface area contributed by atoms with Gasteiger partial charge in [-0.15, -0.1) is 0 Å². The minimum atomic E-state index is -0.705. The SMILES string of the molecule is O=C(COC(=O)c1ccc(Cl)c(Cl)c1)Nc1c(Cl)cccc1Cl. The molecule has 1 amide bonds. The number of hydrogen-bond donors (Lipinski definition) is 1. The third kappa shape index (κ3) is 4.75. The zero-order valence-corrected chi connectivity index (χ0v) is 14.4. The van der Waals surface area contributed by atoms with E-state index < -0.39 is 18.5 Å². The number of ether oxygens (including phenoxy) is 1. The van der Waals surface area contributed by atoms with Gasteiger partial charge in [0.25, 0.3) is 5.91 Å². The molecule has 2 aromatic rings. The Labute approximate surface area is 152 Å². The molecule has 0 bridgehead atoms. The summed E-state index contributed by atoms with van der Waals surface area (Å²) in [7, 11) is 0. The largest absolute Gasteiger partial charge is 0.452 e. The van der Waals surface area contributed by atoms with Gasteiger partial charge in [0.1, 0.15) is 0 Å². The summed E-state index contributed by atoms with van der Waals surface area (Å²) in [5.41, 5.74) is 0.439. The molecule has 0 atom stereocenters. The van der Waals surface area contributed by atoms with Crippen molar-refractivity contribution in [1.29, 1.82) is 0 Å². The maximum absolute atomic E-state index is 11.8. The normalized spacial score (nSPS) is 10.3. The molecule has 0 fully saturated rings. The molecule has 0 aliphatic rings. The molecule has 8 heteroatoms. The van der Waals surface area contributed by atoms with Crippen LogP contribution in [0.25, 0.3) is 0 Å². The van der Waals surface area contributed by atoms with Crippen LogP contribution in [0.3, 0.4) is 0 Å². The van der Waals surface area contributed by atoms with Gasteiger partial charge in [-0.25, -0.2) is 4.79 Å². The number of para-hydroxylation sites is 1. The Hall–Kier alpha value is -1.46. The Morgan fingerprint density at radius 1 is 0.913 bits per heavy atom. The van der Waals surface area contributed by atoms with E-state index in [9.17, 15) is 9.59 Å². The molecule has 0 heterocycles. The Morgan fingerprint density at radius 2 is 1.57 bits per heavy atom. The number of carbonyl (C=O) groups excluding carboxylic acids is 2. The third-order valence-corrected chi connectivity index (χ3v) is 4.09. The lowest BCUT2D eigenvalue weighted by atomic mass is 10.2. The van der Waals surface area contributed by atoms with Crippen LogP contribution in [0.2, 0.25) is 20.1 Å². The highest BCUT2D eigenvalue weighted by atomic mass is 35.5. The van der Waals surface area contributed by atoms with Gasteiger partial charge in [0.05, 0.1) is 31.3 Å². The Bertz CT molecular complexity index is 744. The van der Waals surface area contributed by atoms with Crippen LogP contribution in [0.4, 0.5) is 5.69 Å². The van der Waals surface area contributed by atoms with E-state index in [1.807, 2.05) is 0 Å². The average molecular weight is 393 g/mol. The van der Waals surface area contributed by atoms with Crippen molar-refractivity contribution in [1.82, 2.24) is 0 Å². The van der Waals surface area contributed by atoms with Crippen LogP contribution in [0.15, 0.2) is 36.4 Å². The fraction of sp³-hybridized carbons (Fsp3) is 0.0667. The van der Waals surface area contributed by atoms with E-state index in [1.165, 1.54) is 18.2 Å². The molecule has 23 heavy (non-hydrogen) atoms. The smallest absolute Gasteiger partial charge is 0.338 e. The standard InChI is InChI=1S/C15H9Cl4NO3/c16-9-5-4-8(6-12(9)19)15(22)23-7-13(21)20-14-10(17)2-1-3-11(14)18/h1-6H,7H2,(H,20,21). The summed E-state index contributed by atoms with van der Waals surface area (Å²) in [5.74, 6) is -1.28. The highest BCUT2D eigenvalue weighted by Gasteiger charge is 2.14. The second-order valence-corrected chi connectivity index (χ2v) is 5.98. The van der Waals surface area contributed by atoms with Crippen LogP contribution in [-0.4, -0.2) is 18.5 Å². The van der Waals surface area contributed by atoms with Crippen molar-refractivity contribution in [3.8, 4) is 0 Å². The average Bonchev–Trinajstić information content (AvgIpc) is 2.51. The first-order valence-corrected chi connectivity index (χ1v) is 7.75. The van der Waals surface area contributed by atoms with Gasteiger partial charge in [0.15, 0.2) is 6.61 Å². The van der Waals surface area contributed by atoms with Crippen molar-refractivity contribution < 1.29 is 14.3 Å². The van der Waals surface area contributed by atoms with Crippen LogP contribution in [0, 0.1) is 0 Å². The fourth-order valence-electron chi connectivity index (χ4n) is 1.63. The van der Waals surface area contributed by atoms with Crippen molar-refractivity contribution in [2.75, 3.05) is 11.9 Å². The molecule has 4 nitrogen and oxygen atoms in total. The molecule has 0 unspecified atom stereocenters. The monoisotopic (exact) mass is 391 g/mol. The van der Waals surface area contributed by atoms with Gasteiger partial charge < -0.3 is 10.1 Å². The Morgan fingerprint density at radius 3 is 2.17 bits per heavy atom. The summed E-state index contributed by atoms with van der Waals surface area (Å²) in [6.45, 7) is -0.499. The first-order valence-electron chi connectivity index (χ1n) is 6.24. The zero-order chi connectivity index (χ0) is 17.0. The number of esters is 1. The summed E-state index contributed by atoms with van der Waals surface area (Å²) in [5, 5.41) is 3.57. The highest BCUT2D eigenvalue weighted by molar-refractivity contribution is 6.42. The molecule has 2 rings (SSSR count). The first kappa shape index (κ1) is 17.9. The molecule has 0 radical (unpaired) electrons. The van der Waals surface area contributed by atoms with Gasteiger partial charge in [-0.05, 0) is 30.3 Å². The molecule has 0 spiro atoms. The van der Waals surface area contributed by atoms with E-state index in [0.717, 1.165) is 0 Å². The number of rotatable bonds is 4. The summed E-state index contributed by atoms with van der Waals surface area (Å²) in [4.78, 5) is 23.7. The summed E-state index contributed by atoms with van der Waals surface area (Å²) >= 11 is 23.4. The molecule has 1 N–H and O–H groups in total. The van der Waals surface area contributed by atoms with Crippen LogP contribution in [0.1, 0.15) is 10.4 Å². The van der Waals surface area contributed by atoms with E-state index in [4.69, 9.17) is 51.1 Å². The van der Waals surface area contributed by atoms with Gasteiger partial charge in [-0.2, -0.15) is 0 Å². The maximum atomic E-state index is 11.8. The molecular formula is C15H9Cl4NO3. The molecular weight excluding hydrogens is 384 g/mol. The molecule has 0 aliphatic carbocycles. The van der Waals surface area contributed by atoms with E-state index in [1.54, 1.807) is 18.2 Å². The van der Waals surface area contributed by atoms with Crippen LogP contribution < -0.4 is 5.32 Å². The molecule has 0 aliphatic heterocycles. The van der Waals surface area contributed by atoms with Crippen LogP contribution in [0.5, 0.6) is 0 Å². The predicted molar refractivity (Wildman–Crippen MR) is 91.8 cm³/mol. The van der Waals surface area contributed by atoms with Gasteiger partial charge in [0, 0.05) is 0 Å². The first-order chi connectivity index (χ1) is 10.9. The zero-order valence-electron chi connectivity index (χ0n) is 11.4. The number of hydrogen-bond acceptors (Lipinski definition) is 3. The van der Waals surface area contributed by atoms with Gasteiger partial charge >= 0.3 is 5.97 Å². The Kier molecular flexibility index (Phi) is 6.13. The van der Waals surface area contributed by atoms with Crippen LogP contribution in [-0.2, 0) is 9.53 Å². The number of halogens is 4. The minimum absolute atomic E-state index is 0.183. The second kappa shape index (κ2) is 7.88. The van der Waals surface area contributed by atoms with E-state index in [-0.39, 0.29) is 26.3 Å². The number of amides is 1. The van der Waals surface area contributed by atoms with Crippen molar-refractivity contribution >= 4 is 64.0 Å². The quantitative estimate of drug-likeness (QED) is 0.736. The van der Waals surface area contributed by atoms with E-state index in [2.05, 4.69) is 5.32 Å². The number of carbonyl (C=O) groups is 2.